The topological polar surface area (TPSA) is 40.5 Å². The van der Waals surface area contributed by atoms with E-state index in [1.807, 2.05) is 0 Å². The molecule has 0 saturated carbocycles. The molecule has 0 aliphatic carbocycles. The molecule has 72 valence electrons. The quantitative estimate of drug-likeness (QED) is 0.674. The molecular formula is C9H19NO2. The maximum absolute atomic E-state index is 11.3. The fourth-order valence-electron chi connectivity index (χ4n) is 1.02. The maximum Gasteiger partial charge on any atom is 0.222 e. The normalized spacial score (nSPS) is 12.7. The molecule has 0 aromatic heterocycles. The molecule has 1 unspecified atom stereocenters. The Bertz CT molecular complexity index is 134. The molecule has 1 atom stereocenters. The van der Waals surface area contributed by atoms with E-state index in [9.17, 15) is 4.79 Å². The first kappa shape index (κ1) is 11.4. The molecule has 0 aromatic carbocycles. The number of nitrogens with zero attached hydrogens (tertiary/aromatic N) is 1. The molecule has 0 rings (SSSR count). The van der Waals surface area contributed by atoms with Gasteiger partial charge in [0.25, 0.3) is 0 Å². The van der Waals surface area contributed by atoms with Gasteiger partial charge in [-0.15, -0.1) is 0 Å². The average molecular weight is 173 g/mol. The van der Waals surface area contributed by atoms with Crippen LogP contribution in [-0.4, -0.2) is 35.6 Å². The number of aliphatic hydroxyl groups excluding tert-OH is 1. The summed E-state index contributed by atoms with van der Waals surface area (Å²) in [6.07, 6.45) is 2.14. The minimum Gasteiger partial charge on any atom is -0.392 e. The minimum absolute atomic E-state index is 0.123. The Morgan fingerprint density at radius 1 is 1.58 bits per heavy atom. The number of unbranched alkanes of at least 4 members (excludes halogenated alkanes) is 1. The smallest absolute Gasteiger partial charge is 0.222 e. The Kier molecular flexibility index (Phi) is 5.72. The first-order valence-corrected chi connectivity index (χ1v) is 4.50. The lowest BCUT2D eigenvalue weighted by Gasteiger charge is -2.18. The van der Waals surface area contributed by atoms with Gasteiger partial charge in [0, 0.05) is 20.0 Å². The van der Waals surface area contributed by atoms with Crippen molar-refractivity contribution < 1.29 is 9.90 Å². The number of carbonyl (C=O) groups excluding carboxylic acids is 1. The highest BCUT2D eigenvalue weighted by Crippen LogP contribution is 1.99. The number of hydrogen-bond donors (Lipinski definition) is 1. The van der Waals surface area contributed by atoms with E-state index in [0.717, 1.165) is 12.8 Å². The van der Waals surface area contributed by atoms with Crippen LogP contribution in [0.4, 0.5) is 0 Å². The molecule has 0 aromatic rings. The minimum atomic E-state index is -0.430. The van der Waals surface area contributed by atoms with Crippen molar-refractivity contribution >= 4 is 5.91 Å². The first-order valence-electron chi connectivity index (χ1n) is 4.50. The number of carbonyl (C=O) groups is 1. The molecule has 0 fully saturated rings. The van der Waals surface area contributed by atoms with Gasteiger partial charge in [0.2, 0.25) is 5.91 Å². The third-order valence-electron chi connectivity index (χ3n) is 1.71. The van der Waals surface area contributed by atoms with Gasteiger partial charge in [-0.2, -0.15) is 0 Å². The zero-order valence-corrected chi connectivity index (χ0v) is 8.21. The van der Waals surface area contributed by atoms with Gasteiger partial charge >= 0.3 is 0 Å². The molecule has 0 heterocycles. The second kappa shape index (κ2) is 6.00. The average Bonchev–Trinajstić information content (AvgIpc) is 1.98. The Hall–Kier alpha value is -0.570. The molecule has 0 aliphatic rings. The standard InChI is InChI=1S/C9H19NO2/c1-4-5-6-9(12)10(3)7-8(2)11/h8,11H,4-7H2,1-3H3. The van der Waals surface area contributed by atoms with Crippen LogP contribution in [-0.2, 0) is 4.79 Å². The van der Waals surface area contributed by atoms with Gasteiger partial charge in [0.15, 0.2) is 0 Å². The monoisotopic (exact) mass is 173 g/mol. The van der Waals surface area contributed by atoms with Crippen molar-refractivity contribution in [2.75, 3.05) is 13.6 Å². The van der Waals surface area contributed by atoms with Gasteiger partial charge in [-0.3, -0.25) is 4.79 Å². The van der Waals surface area contributed by atoms with Gasteiger partial charge in [-0.1, -0.05) is 13.3 Å². The Labute approximate surface area is 74.4 Å². The number of amides is 1. The molecule has 0 saturated heterocycles. The highest BCUT2D eigenvalue weighted by molar-refractivity contribution is 5.75. The van der Waals surface area contributed by atoms with Gasteiger partial charge in [0.05, 0.1) is 6.10 Å². The number of hydrogen-bond acceptors (Lipinski definition) is 2. The Morgan fingerprint density at radius 3 is 2.58 bits per heavy atom. The highest BCUT2D eigenvalue weighted by atomic mass is 16.3. The molecular weight excluding hydrogens is 154 g/mol. The largest absolute Gasteiger partial charge is 0.392 e. The second-order valence-corrected chi connectivity index (χ2v) is 3.23. The van der Waals surface area contributed by atoms with Crippen LogP contribution in [0.2, 0.25) is 0 Å². The van der Waals surface area contributed by atoms with Crippen LogP contribution >= 0.6 is 0 Å². The second-order valence-electron chi connectivity index (χ2n) is 3.23. The van der Waals surface area contributed by atoms with E-state index in [0.29, 0.717) is 13.0 Å². The summed E-state index contributed by atoms with van der Waals surface area (Å²) in [6, 6.07) is 0. The third-order valence-corrected chi connectivity index (χ3v) is 1.71. The van der Waals surface area contributed by atoms with Crippen LogP contribution in [0.25, 0.3) is 0 Å². The Morgan fingerprint density at radius 2 is 2.17 bits per heavy atom. The summed E-state index contributed by atoms with van der Waals surface area (Å²) in [5.41, 5.74) is 0. The summed E-state index contributed by atoms with van der Waals surface area (Å²) in [6.45, 7) is 4.17. The van der Waals surface area contributed by atoms with Crippen LogP contribution in [0.5, 0.6) is 0 Å². The van der Waals surface area contributed by atoms with Crippen molar-refractivity contribution in [2.45, 2.75) is 39.2 Å². The van der Waals surface area contributed by atoms with Gasteiger partial charge in [-0.25, -0.2) is 0 Å². The summed E-state index contributed by atoms with van der Waals surface area (Å²) in [5.74, 6) is 0.123. The molecule has 0 bridgehead atoms. The van der Waals surface area contributed by atoms with E-state index in [1.54, 1.807) is 18.9 Å². The number of likely N-dealkylation sites (N-methyl/N-ethyl adjacent to an activating group) is 1. The molecule has 12 heavy (non-hydrogen) atoms. The van der Waals surface area contributed by atoms with Crippen molar-refractivity contribution in [3.63, 3.8) is 0 Å². The molecule has 1 N–H and O–H groups in total. The zero-order chi connectivity index (χ0) is 9.56. The summed E-state index contributed by atoms with van der Waals surface area (Å²) < 4.78 is 0. The zero-order valence-electron chi connectivity index (χ0n) is 8.21. The van der Waals surface area contributed by atoms with E-state index >= 15 is 0 Å². The SMILES string of the molecule is CCCCC(=O)N(C)CC(C)O. The molecule has 0 radical (unpaired) electrons. The van der Waals surface area contributed by atoms with Crippen LogP contribution in [0, 0.1) is 0 Å². The molecule has 1 amide bonds. The molecule has 0 spiro atoms. The van der Waals surface area contributed by atoms with Crippen LogP contribution in [0.15, 0.2) is 0 Å². The van der Waals surface area contributed by atoms with Crippen molar-refractivity contribution in [3.8, 4) is 0 Å². The first-order chi connectivity index (χ1) is 5.57. The third kappa shape index (κ3) is 5.13. The predicted octanol–water partition coefficient (Wildman–Crippen LogP) is 1.02. The fraction of sp³-hybridized carbons (Fsp3) is 0.889. The summed E-state index contributed by atoms with van der Waals surface area (Å²) in [7, 11) is 1.73. The lowest BCUT2D eigenvalue weighted by Crippen LogP contribution is -2.32. The van der Waals surface area contributed by atoms with Crippen molar-refractivity contribution in [2.24, 2.45) is 0 Å². The van der Waals surface area contributed by atoms with E-state index in [-0.39, 0.29) is 5.91 Å². The summed E-state index contributed by atoms with van der Waals surface area (Å²) >= 11 is 0. The molecule has 3 heteroatoms. The van der Waals surface area contributed by atoms with E-state index in [4.69, 9.17) is 5.11 Å². The van der Waals surface area contributed by atoms with E-state index < -0.39 is 6.10 Å². The summed E-state index contributed by atoms with van der Waals surface area (Å²) in [5, 5.41) is 9.00. The Balaban J connectivity index is 3.61. The lowest BCUT2D eigenvalue weighted by atomic mass is 10.2. The van der Waals surface area contributed by atoms with Crippen LogP contribution in [0.1, 0.15) is 33.1 Å². The highest BCUT2D eigenvalue weighted by Gasteiger charge is 2.09. The van der Waals surface area contributed by atoms with E-state index in [2.05, 4.69) is 6.92 Å². The maximum atomic E-state index is 11.3. The van der Waals surface area contributed by atoms with Crippen molar-refractivity contribution in [1.82, 2.24) is 4.90 Å². The number of aliphatic hydroxyl groups is 1. The van der Waals surface area contributed by atoms with Crippen molar-refractivity contribution in [1.29, 1.82) is 0 Å². The van der Waals surface area contributed by atoms with Gasteiger partial charge in [0.1, 0.15) is 0 Å². The number of rotatable bonds is 5. The summed E-state index contributed by atoms with van der Waals surface area (Å²) in [4.78, 5) is 12.8. The van der Waals surface area contributed by atoms with Crippen molar-refractivity contribution in [3.05, 3.63) is 0 Å². The molecule has 0 aliphatic heterocycles. The van der Waals surface area contributed by atoms with Gasteiger partial charge < -0.3 is 10.0 Å². The van der Waals surface area contributed by atoms with Crippen LogP contribution in [0.3, 0.4) is 0 Å². The fourth-order valence-corrected chi connectivity index (χ4v) is 1.02. The lowest BCUT2D eigenvalue weighted by molar-refractivity contribution is -0.131. The predicted molar refractivity (Wildman–Crippen MR) is 48.8 cm³/mol. The molecule has 3 nitrogen and oxygen atoms in total. The van der Waals surface area contributed by atoms with E-state index in [1.165, 1.54) is 0 Å². The van der Waals surface area contributed by atoms with Gasteiger partial charge in [-0.05, 0) is 13.3 Å². The van der Waals surface area contributed by atoms with Crippen LogP contribution < -0.4 is 0 Å².